The molecular weight excluding hydrogens is 470 g/mol. The maximum atomic E-state index is 12.9. The smallest absolute Gasteiger partial charge is 0.326 e. The maximum Gasteiger partial charge on any atom is 0.326 e. The van der Waals surface area contributed by atoms with Crippen molar-refractivity contribution in [3.63, 3.8) is 0 Å². The van der Waals surface area contributed by atoms with Crippen LogP contribution < -0.4 is 27.4 Å². The van der Waals surface area contributed by atoms with E-state index in [0.717, 1.165) is 0 Å². The summed E-state index contributed by atoms with van der Waals surface area (Å²) in [5.41, 5.74) is 10.9. The zero-order chi connectivity index (χ0) is 26.4. The van der Waals surface area contributed by atoms with Crippen LogP contribution in [-0.4, -0.2) is 82.0 Å². The SMILES string of the molecule is CSCCC(N)C(=O)NC(CC(C)C)C(=O)NC(CCC(=O)O)C(=O)NC(CC(N)=O)C(=O)O. The summed E-state index contributed by atoms with van der Waals surface area (Å²) in [7, 11) is 0. The highest BCUT2D eigenvalue weighted by molar-refractivity contribution is 7.98. The lowest BCUT2D eigenvalue weighted by Gasteiger charge is -2.25. The van der Waals surface area contributed by atoms with Gasteiger partial charge in [-0.15, -0.1) is 0 Å². The molecule has 9 N–H and O–H groups in total. The molecule has 0 bridgehead atoms. The molecule has 0 spiro atoms. The fraction of sp³-hybridized carbons (Fsp3) is 0.700. The molecule has 0 radical (unpaired) electrons. The van der Waals surface area contributed by atoms with Crippen LogP contribution in [-0.2, 0) is 28.8 Å². The van der Waals surface area contributed by atoms with Crippen LogP contribution in [0.1, 0.15) is 46.0 Å². The van der Waals surface area contributed by atoms with Gasteiger partial charge in [-0.25, -0.2) is 4.79 Å². The largest absolute Gasteiger partial charge is 0.481 e. The average Bonchev–Trinajstić information content (AvgIpc) is 2.72. The third-order valence-electron chi connectivity index (χ3n) is 4.61. The number of aliphatic carboxylic acids is 2. The standard InChI is InChI=1S/C20H35N5O8S/c1-10(2)8-13(24-17(29)11(21)6-7-34-3)19(31)23-12(4-5-16(27)28)18(30)25-14(20(32)33)9-15(22)26/h10-14H,4-9,21H2,1-3H3,(H2,22,26)(H,23,31)(H,24,29)(H,25,30)(H,27,28)(H,32,33). The molecule has 0 aromatic rings. The van der Waals surface area contributed by atoms with Gasteiger partial charge in [0.25, 0.3) is 0 Å². The zero-order valence-corrected chi connectivity index (χ0v) is 20.4. The van der Waals surface area contributed by atoms with Crippen molar-refractivity contribution in [1.29, 1.82) is 0 Å². The Morgan fingerprint density at radius 1 is 0.853 bits per heavy atom. The van der Waals surface area contributed by atoms with Crippen LogP contribution in [0.25, 0.3) is 0 Å². The van der Waals surface area contributed by atoms with Crippen LogP contribution in [0.2, 0.25) is 0 Å². The van der Waals surface area contributed by atoms with E-state index in [1.165, 1.54) is 11.8 Å². The maximum absolute atomic E-state index is 12.9. The van der Waals surface area contributed by atoms with E-state index in [2.05, 4.69) is 16.0 Å². The van der Waals surface area contributed by atoms with Gasteiger partial charge in [-0.2, -0.15) is 11.8 Å². The lowest BCUT2D eigenvalue weighted by molar-refractivity contribution is -0.144. The molecule has 0 aromatic heterocycles. The van der Waals surface area contributed by atoms with E-state index in [0.29, 0.717) is 12.2 Å². The highest BCUT2D eigenvalue weighted by atomic mass is 32.2. The predicted molar refractivity (Wildman–Crippen MR) is 125 cm³/mol. The fourth-order valence-electron chi connectivity index (χ4n) is 2.84. The summed E-state index contributed by atoms with van der Waals surface area (Å²) in [6, 6.07) is -5.00. The van der Waals surface area contributed by atoms with Crippen molar-refractivity contribution in [1.82, 2.24) is 16.0 Å². The van der Waals surface area contributed by atoms with Crippen LogP contribution in [0.5, 0.6) is 0 Å². The van der Waals surface area contributed by atoms with E-state index >= 15 is 0 Å². The number of hydrogen-bond donors (Lipinski definition) is 7. The normalized spacial score (nSPS) is 14.4. The number of rotatable bonds is 17. The van der Waals surface area contributed by atoms with Crippen molar-refractivity contribution in [3.8, 4) is 0 Å². The minimum absolute atomic E-state index is 0.0308. The van der Waals surface area contributed by atoms with Gasteiger partial charge in [0.05, 0.1) is 12.5 Å². The Morgan fingerprint density at radius 2 is 1.38 bits per heavy atom. The van der Waals surface area contributed by atoms with Crippen LogP contribution in [0.15, 0.2) is 0 Å². The third kappa shape index (κ3) is 13.0. The average molecular weight is 506 g/mol. The first-order valence-electron chi connectivity index (χ1n) is 10.7. The van der Waals surface area contributed by atoms with Crippen LogP contribution in [0.4, 0.5) is 0 Å². The van der Waals surface area contributed by atoms with E-state index in [-0.39, 0.29) is 18.8 Å². The van der Waals surface area contributed by atoms with Crippen molar-refractivity contribution in [2.45, 2.75) is 70.1 Å². The van der Waals surface area contributed by atoms with Crippen LogP contribution >= 0.6 is 11.8 Å². The molecule has 0 saturated carbocycles. The summed E-state index contributed by atoms with van der Waals surface area (Å²) in [4.78, 5) is 71.4. The Hall–Kier alpha value is -2.87. The van der Waals surface area contributed by atoms with E-state index < -0.39 is 72.6 Å². The van der Waals surface area contributed by atoms with Crippen molar-refractivity contribution in [3.05, 3.63) is 0 Å². The van der Waals surface area contributed by atoms with Gasteiger partial charge in [-0.3, -0.25) is 24.0 Å². The monoisotopic (exact) mass is 505 g/mol. The Balaban J connectivity index is 5.55. The Morgan fingerprint density at radius 3 is 1.85 bits per heavy atom. The molecular formula is C20H35N5O8S. The molecule has 194 valence electrons. The second kappa shape index (κ2) is 15.9. The Labute approximate surface area is 202 Å². The van der Waals surface area contributed by atoms with Crippen molar-refractivity contribution in [2.75, 3.05) is 12.0 Å². The summed E-state index contributed by atoms with van der Waals surface area (Å²) >= 11 is 1.51. The number of carboxylic acid groups (broad SMARTS) is 2. The lowest BCUT2D eigenvalue weighted by Crippen LogP contribution is -2.57. The minimum atomic E-state index is -1.66. The first-order chi connectivity index (χ1) is 15.8. The Bertz CT molecular complexity index is 748. The van der Waals surface area contributed by atoms with Crippen molar-refractivity contribution < 1.29 is 39.0 Å². The molecule has 4 amide bonds. The number of hydrogen-bond acceptors (Lipinski definition) is 8. The summed E-state index contributed by atoms with van der Waals surface area (Å²) in [6.45, 7) is 3.63. The number of primary amides is 1. The highest BCUT2D eigenvalue weighted by Gasteiger charge is 2.31. The Kier molecular flexibility index (Phi) is 14.5. The summed E-state index contributed by atoms with van der Waals surface area (Å²) in [5.74, 6) is -5.45. The number of amides is 4. The summed E-state index contributed by atoms with van der Waals surface area (Å²) in [5, 5.41) is 25.2. The fourth-order valence-corrected chi connectivity index (χ4v) is 3.33. The number of carbonyl (C=O) groups is 6. The number of carboxylic acids is 2. The summed E-state index contributed by atoms with van der Waals surface area (Å²) < 4.78 is 0. The van der Waals surface area contributed by atoms with E-state index in [9.17, 15) is 33.9 Å². The van der Waals surface area contributed by atoms with E-state index in [4.69, 9.17) is 16.6 Å². The quantitative estimate of drug-likeness (QED) is 0.119. The van der Waals surface area contributed by atoms with Gasteiger partial charge in [-0.05, 0) is 37.2 Å². The van der Waals surface area contributed by atoms with Crippen molar-refractivity contribution in [2.24, 2.45) is 17.4 Å². The molecule has 0 saturated heterocycles. The molecule has 4 unspecified atom stereocenters. The van der Waals surface area contributed by atoms with Gasteiger partial charge >= 0.3 is 11.9 Å². The predicted octanol–water partition coefficient (Wildman–Crippen LogP) is -1.61. The molecule has 0 heterocycles. The molecule has 13 nitrogen and oxygen atoms in total. The van der Waals surface area contributed by atoms with Crippen molar-refractivity contribution >= 4 is 47.3 Å². The molecule has 14 heteroatoms. The van der Waals surface area contributed by atoms with Gasteiger partial charge in [0.2, 0.25) is 23.6 Å². The van der Waals surface area contributed by atoms with Gasteiger partial charge in [0, 0.05) is 6.42 Å². The third-order valence-corrected chi connectivity index (χ3v) is 5.25. The van der Waals surface area contributed by atoms with E-state index in [1.54, 1.807) is 0 Å². The van der Waals surface area contributed by atoms with Gasteiger partial charge < -0.3 is 37.6 Å². The molecule has 0 aliphatic rings. The lowest BCUT2D eigenvalue weighted by atomic mass is 10.0. The zero-order valence-electron chi connectivity index (χ0n) is 19.5. The van der Waals surface area contributed by atoms with Crippen LogP contribution in [0, 0.1) is 5.92 Å². The molecule has 0 aliphatic carbocycles. The summed E-state index contributed by atoms with van der Waals surface area (Å²) in [6.07, 6.45) is 0.904. The van der Waals surface area contributed by atoms with E-state index in [1.807, 2.05) is 20.1 Å². The number of thioether (sulfide) groups is 1. The first kappa shape index (κ1) is 31.1. The second-order valence-corrected chi connectivity index (χ2v) is 9.13. The molecule has 4 atom stereocenters. The topological polar surface area (TPSA) is 231 Å². The van der Waals surface area contributed by atoms with Gasteiger partial charge in [0.1, 0.15) is 18.1 Å². The number of carbonyl (C=O) groups excluding carboxylic acids is 4. The van der Waals surface area contributed by atoms with Crippen LogP contribution in [0.3, 0.4) is 0 Å². The minimum Gasteiger partial charge on any atom is -0.481 e. The second-order valence-electron chi connectivity index (χ2n) is 8.14. The number of nitrogens with two attached hydrogens (primary N) is 2. The molecule has 0 aromatic carbocycles. The van der Waals surface area contributed by atoms with Gasteiger partial charge in [0.15, 0.2) is 0 Å². The highest BCUT2D eigenvalue weighted by Crippen LogP contribution is 2.08. The van der Waals surface area contributed by atoms with Gasteiger partial charge in [-0.1, -0.05) is 13.8 Å². The molecule has 0 rings (SSSR count). The first-order valence-corrected chi connectivity index (χ1v) is 12.1. The molecule has 0 aliphatic heterocycles. The molecule has 0 fully saturated rings. The number of nitrogens with one attached hydrogen (secondary N) is 3. The molecule has 34 heavy (non-hydrogen) atoms.